The molecule has 0 aromatic rings. The van der Waals surface area contributed by atoms with E-state index in [0.717, 1.165) is 0 Å². The van der Waals surface area contributed by atoms with Gasteiger partial charge in [-0.1, -0.05) is 0 Å². The summed E-state index contributed by atoms with van der Waals surface area (Å²) in [6, 6.07) is 0. The molecule has 0 spiro atoms. The number of hydrogen-bond acceptors (Lipinski definition) is 9. The van der Waals surface area contributed by atoms with Crippen LogP contribution in [0.3, 0.4) is 0 Å². The zero-order valence-electron chi connectivity index (χ0n) is 18.4. The quantitative estimate of drug-likeness (QED) is 0.106. The second-order valence-corrected chi connectivity index (χ2v) is 5.01. The minimum Gasteiger partial charge on any atom is -1.00 e. The Balaban J connectivity index is -0.000000192. The molecule has 146 valence electrons. The summed E-state index contributed by atoms with van der Waals surface area (Å²) in [7, 11) is 0. The molecule has 2 unspecified atom stereocenters. The van der Waals surface area contributed by atoms with Gasteiger partial charge < -0.3 is 39.7 Å². The van der Waals surface area contributed by atoms with E-state index in [1.807, 2.05) is 0 Å². The van der Waals surface area contributed by atoms with Crippen LogP contribution in [0.15, 0.2) is 0 Å². The average Bonchev–Trinajstić information content (AvgIpc) is 2.34. The van der Waals surface area contributed by atoms with E-state index in [4.69, 9.17) is 20.4 Å². The van der Waals surface area contributed by atoms with Crippen molar-refractivity contribution in [3.63, 3.8) is 0 Å². The number of ether oxygens (including phenoxy) is 1. The number of carbonyl (C=O) groups excluding carboxylic acids is 2. The minimum atomic E-state index is -3.09. The Morgan fingerprint density at radius 3 is 1.04 bits per heavy atom. The molecule has 0 bridgehead atoms. The van der Waals surface area contributed by atoms with E-state index in [1.54, 1.807) is 0 Å². The van der Waals surface area contributed by atoms with Crippen LogP contribution in [-0.4, -0.2) is 77.7 Å². The fourth-order valence-electron chi connectivity index (χ4n) is 1.60. The average molecular weight is 438 g/mol. The first-order chi connectivity index (χ1) is 11.2. The summed E-state index contributed by atoms with van der Waals surface area (Å²) in [5.41, 5.74) is -6.18. The van der Waals surface area contributed by atoms with Gasteiger partial charge in [0.1, 0.15) is 0 Å². The van der Waals surface area contributed by atoms with Crippen LogP contribution in [0.2, 0.25) is 0 Å². The molecule has 0 saturated heterocycles. The van der Waals surface area contributed by atoms with Crippen molar-refractivity contribution < 1.29 is 157 Å². The molecule has 0 heterocycles. The van der Waals surface area contributed by atoms with Crippen LogP contribution >= 0.6 is 0 Å². The Bertz CT molecular complexity index is 584. The van der Waals surface area contributed by atoms with Gasteiger partial charge in [0, 0.05) is 0 Å². The van der Waals surface area contributed by atoms with E-state index in [0.29, 0.717) is 0 Å². The number of hydrogen-bond donors (Lipinski definition) is 6. The standard InChI is InChI=1S/C12H14O13.3Na.3H/c13-5(14)1-11(23,9(19)20)3-7(17)25-8(18)4-12(24,10(21)22)2-6(15)16;;;;;;/h23-24H,1-4H2,(H,13,14)(H,15,16)(H,19,20)(H,21,22);;;;;;/q;3*+1;3*-1. The van der Waals surface area contributed by atoms with E-state index in [-0.39, 0.29) is 93.0 Å². The molecule has 0 aromatic carbocycles. The number of carboxylic acid groups (broad SMARTS) is 4. The Kier molecular flexibility index (Phi) is 18.8. The van der Waals surface area contributed by atoms with Crippen LogP contribution in [0.4, 0.5) is 0 Å². The molecule has 0 aliphatic rings. The largest absolute Gasteiger partial charge is 1.00 e. The Morgan fingerprint density at radius 2 is 0.857 bits per heavy atom. The predicted molar refractivity (Wildman–Crippen MR) is 73.3 cm³/mol. The second kappa shape index (κ2) is 14.8. The van der Waals surface area contributed by atoms with Crippen LogP contribution in [0.25, 0.3) is 0 Å². The maximum atomic E-state index is 11.4. The molecule has 2 atom stereocenters. The Hall–Kier alpha value is -0.0600. The van der Waals surface area contributed by atoms with Gasteiger partial charge in [-0.25, -0.2) is 9.59 Å². The zero-order valence-corrected chi connectivity index (χ0v) is 21.4. The third kappa shape index (κ3) is 12.5. The van der Waals surface area contributed by atoms with Crippen molar-refractivity contribution in [1.82, 2.24) is 0 Å². The Morgan fingerprint density at radius 1 is 0.607 bits per heavy atom. The van der Waals surface area contributed by atoms with Crippen LogP contribution in [0.1, 0.15) is 30.0 Å². The first kappa shape index (κ1) is 35.4. The summed E-state index contributed by atoms with van der Waals surface area (Å²) < 4.78 is 3.99. The van der Waals surface area contributed by atoms with Gasteiger partial charge in [0.05, 0.1) is 25.7 Å². The molecule has 0 aliphatic heterocycles. The predicted octanol–water partition coefficient (Wildman–Crippen LogP) is -11.2. The topological polar surface area (TPSA) is 233 Å². The molecule has 0 aliphatic carbocycles. The summed E-state index contributed by atoms with van der Waals surface area (Å²) in [6.45, 7) is 0. The smallest absolute Gasteiger partial charge is 1.00 e. The molecular formula is C12H17Na3O13. The molecule has 0 saturated carbocycles. The van der Waals surface area contributed by atoms with E-state index in [1.165, 1.54) is 0 Å². The van der Waals surface area contributed by atoms with E-state index in [2.05, 4.69) is 4.74 Å². The van der Waals surface area contributed by atoms with Gasteiger partial charge in [-0.2, -0.15) is 0 Å². The molecule has 0 fully saturated rings. The van der Waals surface area contributed by atoms with E-state index >= 15 is 0 Å². The van der Waals surface area contributed by atoms with Crippen molar-refractivity contribution in [2.45, 2.75) is 36.9 Å². The van der Waals surface area contributed by atoms with Gasteiger partial charge >= 0.3 is 124 Å². The van der Waals surface area contributed by atoms with Gasteiger partial charge in [-0.3, -0.25) is 19.2 Å². The van der Waals surface area contributed by atoms with Crippen molar-refractivity contribution in [3.05, 3.63) is 0 Å². The molecule has 6 N–H and O–H groups in total. The van der Waals surface area contributed by atoms with Crippen LogP contribution < -0.4 is 88.7 Å². The van der Waals surface area contributed by atoms with Gasteiger partial charge in [-0.05, 0) is 0 Å². The van der Waals surface area contributed by atoms with Crippen LogP contribution in [0.5, 0.6) is 0 Å². The number of carbonyl (C=O) groups is 6. The fourth-order valence-corrected chi connectivity index (χ4v) is 1.60. The molecular weight excluding hydrogens is 421 g/mol. The molecule has 0 aromatic heterocycles. The second-order valence-electron chi connectivity index (χ2n) is 5.01. The van der Waals surface area contributed by atoms with E-state index < -0.39 is 72.7 Å². The summed E-state index contributed by atoms with van der Waals surface area (Å²) in [4.78, 5) is 65.5. The number of carboxylic acids is 4. The zero-order chi connectivity index (χ0) is 20.0. The summed E-state index contributed by atoms with van der Waals surface area (Å²) >= 11 is 0. The first-order valence-electron chi connectivity index (χ1n) is 6.30. The van der Waals surface area contributed by atoms with Crippen LogP contribution in [0, 0.1) is 0 Å². The molecule has 28 heavy (non-hydrogen) atoms. The molecule has 16 heteroatoms. The maximum absolute atomic E-state index is 11.4. The van der Waals surface area contributed by atoms with Crippen molar-refractivity contribution >= 4 is 35.8 Å². The summed E-state index contributed by atoms with van der Waals surface area (Å²) in [5, 5.41) is 53.6. The van der Waals surface area contributed by atoms with Gasteiger partial charge in [0.25, 0.3) is 0 Å². The number of rotatable bonds is 10. The third-order valence-corrected chi connectivity index (χ3v) is 2.78. The molecule has 0 radical (unpaired) electrons. The molecule has 13 nitrogen and oxygen atoms in total. The maximum Gasteiger partial charge on any atom is 1.00 e. The van der Waals surface area contributed by atoms with Gasteiger partial charge in [0.2, 0.25) is 0 Å². The molecule has 0 rings (SSSR count). The van der Waals surface area contributed by atoms with E-state index in [9.17, 15) is 39.0 Å². The molecule has 0 amide bonds. The Labute approximate surface area is 227 Å². The van der Waals surface area contributed by atoms with Crippen molar-refractivity contribution in [2.75, 3.05) is 0 Å². The minimum absolute atomic E-state index is 0. The first-order valence-corrected chi connectivity index (χ1v) is 6.30. The summed E-state index contributed by atoms with van der Waals surface area (Å²) in [6.07, 6.45) is -5.73. The summed E-state index contributed by atoms with van der Waals surface area (Å²) in [5.74, 6) is -11.2. The number of aliphatic carboxylic acids is 4. The monoisotopic (exact) mass is 438 g/mol. The SMILES string of the molecule is O=C(O)CC(O)(CC(=O)OC(=O)CC(O)(CC(=O)O)C(=O)O)C(=O)O.[H-].[H-].[H-].[Na+].[Na+].[Na+]. The van der Waals surface area contributed by atoms with Crippen molar-refractivity contribution in [3.8, 4) is 0 Å². The number of aliphatic hydroxyl groups is 2. The van der Waals surface area contributed by atoms with Gasteiger partial charge in [0.15, 0.2) is 11.2 Å². The normalized spacial score (nSPS) is 13.6. The number of esters is 2. The van der Waals surface area contributed by atoms with Gasteiger partial charge in [-0.15, -0.1) is 0 Å². The van der Waals surface area contributed by atoms with Crippen molar-refractivity contribution in [1.29, 1.82) is 0 Å². The van der Waals surface area contributed by atoms with Crippen molar-refractivity contribution in [2.24, 2.45) is 0 Å². The third-order valence-electron chi connectivity index (χ3n) is 2.78. The van der Waals surface area contributed by atoms with Crippen LogP contribution in [-0.2, 0) is 33.5 Å². The fraction of sp³-hybridized carbons (Fsp3) is 0.500.